The summed E-state index contributed by atoms with van der Waals surface area (Å²) in [6, 6.07) is 11.9. The van der Waals surface area contributed by atoms with Crippen molar-refractivity contribution in [1.82, 2.24) is 0 Å². The van der Waals surface area contributed by atoms with Crippen LogP contribution in [0.3, 0.4) is 0 Å². The second-order valence-electron chi connectivity index (χ2n) is 4.21. The lowest BCUT2D eigenvalue weighted by Gasteiger charge is -2.11. The van der Waals surface area contributed by atoms with E-state index in [1.54, 1.807) is 0 Å². The highest BCUT2D eigenvalue weighted by Crippen LogP contribution is 2.29. The van der Waals surface area contributed by atoms with Gasteiger partial charge in [-0.3, -0.25) is 4.79 Å². The van der Waals surface area contributed by atoms with Crippen molar-refractivity contribution >= 4 is 51.5 Å². The lowest BCUT2D eigenvalue weighted by atomic mass is 10.2. The van der Waals surface area contributed by atoms with E-state index in [1.165, 1.54) is 5.56 Å². The quantitative estimate of drug-likeness (QED) is 0.475. The van der Waals surface area contributed by atoms with Crippen molar-refractivity contribution < 1.29 is 9.53 Å². The van der Waals surface area contributed by atoms with Crippen LogP contribution in [-0.4, -0.2) is 6.29 Å². The molecule has 0 saturated heterocycles. The van der Waals surface area contributed by atoms with Crippen LogP contribution in [0.2, 0.25) is 0 Å². The number of hydrogen-bond acceptors (Lipinski definition) is 2. The van der Waals surface area contributed by atoms with Crippen molar-refractivity contribution in [1.29, 1.82) is 0 Å². The van der Waals surface area contributed by atoms with Crippen LogP contribution in [0.4, 0.5) is 0 Å². The van der Waals surface area contributed by atoms with Gasteiger partial charge in [0.15, 0.2) is 0 Å². The molecule has 0 amide bonds. The summed E-state index contributed by atoms with van der Waals surface area (Å²) >= 11 is 4.39. The summed E-state index contributed by atoms with van der Waals surface area (Å²) in [5.74, 6) is 0.840. The minimum Gasteiger partial charge on any atom is -0.487 e. The van der Waals surface area contributed by atoms with Gasteiger partial charge in [0.1, 0.15) is 18.6 Å². The SMILES string of the molecule is Cc1ccc(COc2c(I)cc(C=O)cc2I)cc1. The zero-order chi connectivity index (χ0) is 13.8. The molecule has 2 aromatic rings. The number of ether oxygens (including phenoxy) is 1. The van der Waals surface area contributed by atoms with Crippen molar-refractivity contribution in [2.75, 3.05) is 0 Å². The number of hydrogen-bond donors (Lipinski definition) is 0. The van der Waals surface area contributed by atoms with E-state index >= 15 is 0 Å². The van der Waals surface area contributed by atoms with Gasteiger partial charge in [0.05, 0.1) is 7.14 Å². The molecule has 0 fully saturated rings. The van der Waals surface area contributed by atoms with Crippen LogP contribution >= 0.6 is 45.2 Å². The van der Waals surface area contributed by atoms with Crippen molar-refractivity contribution in [3.8, 4) is 5.75 Å². The van der Waals surface area contributed by atoms with Crippen molar-refractivity contribution in [3.05, 3.63) is 60.2 Å². The Morgan fingerprint density at radius 2 is 1.68 bits per heavy atom. The normalized spacial score (nSPS) is 10.3. The standard InChI is InChI=1S/C15H12I2O2/c1-10-2-4-11(5-3-10)9-19-15-13(16)6-12(8-18)7-14(15)17/h2-8H,9H2,1H3. The average molecular weight is 478 g/mol. The summed E-state index contributed by atoms with van der Waals surface area (Å²) in [6.45, 7) is 2.60. The van der Waals surface area contributed by atoms with Crippen LogP contribution < -0.4 is 4.74 Å². The van der Waals surface area contributed by atoms with E-state index in [-0.39, 0.29) is 0 Å². The Bertz CT molecular complexity index is 569. The second kappa shape index (κ2) is 6.69. The van der Waals surface area contributed by atoms with Crippen LogP contribution in [-0.2, 0) is 6.61 Å². The number of carbonyl (C=O) groups is 1. The van der Waals surface area contributed by atoms with Gasteiger partial charge >= 0.3 is 0 Å². The van der Waals surface area contributed by atoms with Crippen LogP contribution in [0.1, 0.15) is 21.5 Å². The van der Waals surface area contributed by atoms with Crippen LogP contribution in [0, 0.1) is 14.1 Å². The summed E-state index contributed by atoms with van der Waals surface area (Å²) in [5.41, 5.74) is 3.05. The molecule has 0 saturated carbocycles. The Morgan fingerprint density at radius 3 is 2.21 bits per heavy atom. The van der Waals surface area contributed by atoms with Gasteiger partial charge in [0.25, 0.3) is 0 Å². The molecule has 0 atom stereocenters. The lowest BCUT2D eigenvalue weighted by Crippen LogP contribution is -2.00. The molecule has 0 radical (unpaired) electrons. The highest BCUT2D eigenvalue weighted by molar-refractivity contribution is 14.1. The third-order valence-electron chi connectivity index (χ3n) is 2.66. The summed E-state index contributed by atoms with van der Waals surface area (Å²) in [4.78, 5) is 10.8. The van der Waals surface area contributed by atoms with Crippen molar-refractivity contribution in [3.63, 3.8) is 0 Å². The first-order valence-corrected chi connectivity index (χ1v) is 7.88. The molecule has 0 heterocycles. The summed E-state index contributed by atoms with van der Waals surface area (Å²) in [5, 5.41) is 0. The molecule has 0 N–H and O–H groups in total. The molecule has 0 aliphatic carbocycles. The van der Waals surface area contributed by atoms with Crippen LogP contribution in [0.5, 0.6) is 5.75 Å². The topological polar surface area (TPSA) is 26.3 Å². The Hall–Kier alpha value is -0.630. The molecule has 2 rings (SSSR count). The molecular weight excluding hydrogens is 466 g/mol. The third kappa shape index (κ3) is 3.92. The molecular formula is C15H12I2O2. The fraction of sp³-hybridized carbons (Fsp3) is 0.133. The summed E-state index contributed by atoms with van der Waals surface area (Å²) < 4.78 is 7.78. The van der Waals surface area contributed by atoms with Gasteiger partial charge < -0.3 is 4.74 Å². The minimum atomic E-state index is 0.534. The van der Waals surface area contributed by atoms with E-state index in [2.05, 4.69) is 76.4 Å². The number of benzene rings is 2. The smallest absolute Gasteiger partial charge is 0.150 e. The fourth-order valence-electron chi connectivity index (χ4n) is 1.63. The molecule has 0 spiro atoms. The van der Waals surface area contributed by atoms with Gasteiger partial charge in [-0.05, 0) is 69.8 Å². The Labute approximate surface area is 139 Å². The minimum absolute atomic E-state index is 0.534. The fourth-order valence-corrected chi connectivity index (χ4v) is 3.75. The first-order valence-electron chi connectivity index (χ1n) is 5.72. The molecule has 98 valence electrons. The van der Waals surface area contributed by atoms with Gasteiger partial charge in [-0.1, -0.05) is 29.8 Å². The Balaban J connectivity index is 2.15. The number of aryl methyl sites for hydroxylation is 1. The van der Waals surface area contributed by atoms with Gasteiger partial charge in [0, 0.05) is 5.56 Å². The molecule has 0 bridgehead atoms. The van der Waals surface area contributed by atoms with Gasteiger partial charge in [-0.15, -0.1) is 0 Å². The maximum atomic E-state index is 10.8. The van der Waals surface area contributed by atoms with Crippen molar-refractivity contribution in [2.24, 2.45) is 0 Å². The highest BCUT2D eigenvalue weighted by Gasteiger charge is 2.09. The molecule has 0 aliphatic heterocycles. The maximum Gasteiger partial charge on any atom is 0.150 e. The molecule has 0 unspecified atom stereocenters. The molecule has 4 heteroatoms. The Kier molecular flexibility index (Phi) is 5.20. The number of carbonyl (C=O) groups excluding carboxylic acids is 1. The van der Waals surface area contributed by atoms with E-state index in [4.69, 9.17) is 4.74 Å². The number of rotatable bonds is 4. The monoisotopic (exact) mass is 478 g/mol. The predicted octanol–water partition coefficient (Wildman–Crippen LogP) is 4.60. The molecule has 19 heavy (non-hydrogen) atoms. The predicted molar refractivity (Wildman–Crippen MR) is 92.8 cm³/mol. The van der Waals surface area contributed by atoms with E-state index in [1.807, 2.05) is 12.1 Å². The second-order valence-corrected chi connectivity index (χ2v) is 6.53. The first kappa shape index (κ1) is 14.8. The van der Waals surface area contributed by atoms with Gasteiger partial charge in [0.2, 0.25) is 0 Å². The Morgan fingerprint density at radius 1 is 1.11 bits per heavy atom. The van der Waals surface area contributed by atoms with E-state index in [9.17, 15) is 4.79 Å². The molecule has 2 nitrogen and oxygen atoms in total. The number of aldehydes is 1. The third-order valence-corrected chi connectivity index (χ3v) is 4.26. The molecule has 0 aliphatic rings. The van der Waals surface area contributed by atoms with E-state index in [0.717, 1.165) is 24.7 Å². The first-order chi connectivity index (χ1) is 9.10. The lowest BCUT2D eigenvalue weighted by molar-refractivity contribution is 0.112. The molecule has 2 aromatic carbocycles. The maximum absolute atomic E-state index is 10.8. The van der Waals surface area contributed by atoms with Gasteiger partial charge in [-0.2, -0.15) is 0 Å². The molecule has 0 aromatic heterocycles. The zero-order valence-electron chi connectivity index (χ0n) is 10.3. The van der Waals surface area contributed by atoms with Gasteiger partial charge in [-0.25, -0.2) is 0 Å². The summed E-state index contributed by atoms with van der Waals surface area (Å²) in [6.07, 6.45) is 0.855. The van der Waals surface area contributed by atoms with E-state index < -0.39 is 0 Å². The van der Waals surface area contributed by atoms with E-state index in [0.29, 0.717) is 12.2 Å². The number of halogens is 2. The van der Waals surface area contributed by atoms with Crippen LogP contribution in [0.15, 0.2) is 36.4 Å². The van der Waals surface area contributed by atoms with Crippen molar-refractivity contribution in [2.45, 2.75) is 13.5 Å². The zero-order valence-corrected chi connectivity index (χ0v) is 14.6. The highest BCUT2D eigenvalue weighted by atomic mass is 127. The van der Waals surface area contributed by atoms with Crippen LogP contribution in [0.25, 0.3) is 0 Å². The average Bonchev–Trinajstić information content (AvgIpc) is 2.39. The largest absolute Gasteiger partial charge is 0.487 e. The summed E-state index contributed by atoms with van der Waals surface area (Å²) in [7, 11) is 0.